The van der Waals surface area contributed by atoms with E-state index < -0.39 is 5.60 Å². The van der Waals surface area contributed by atoms with E-state index in [0.29, 0.717) is 13.0 Å². The Bertz CT molecular complexity index is 386. The van der Waals surface area contributed by atoms with Gasteiger partial charge in [-0.2, -0.15) is 0 Å². The Labute approximate surface area is 110 Å². The first-order valence-corrected chi connectivity index (χ1v) is 6.55. The first-order valence-electron chi connectivity index (χ1n) is 5.75. The van der Waals surface area contributed by atoms with E-state index in [2.05, 4.69) is 15.9 Å². The zero-order valence-corrected chi connectivity index (χ0v) is 11.5. The van der Waals surface area contributed by atoms with Crippen molar-refractivity contribution < 1.29 is 14.6 Å². The van der Waals surface area contributed by atoms with E-state index in [1.807, 2.05) is 18.2 Å². The monoisotopic (exact) mass is 300 g/mol. The maximum atomic E-state index is 10.4. The Morgan fingerprint density at radius 1 is 1.53 bits per heavy atom. The third kappa shape index (κ3) is 3.21. The molecular formula is C13H17BrO3. The van der Waals surface area contributed by atoms with Crippen LogP contribution < -0.4 is 4.74 Å². The molecule has 0 saturated carbocycles. The number of ether oxygens (including phenoxy) is 2. The van der Waals surface area contributed by atoms with Gasteiger partial charge in [-0.1, -0.05) is 15.9 Å². The van der Waals surface area contributed by atoms with E-state index in [4.69, 9.17) is 9.47 Å². The fourth-order valence-corrected chi connectivity index (χ4v) is 2.63. The highest BCUT2D eigenvalue weighted by atomic mass is 79.9. The largest absolute Gasteiger partial charge is 0.496 e. The summed E-state index contributed by atoms with van der Waals surface area (Å²) in [6.45, 7) is 1.15. The molecule has 1 saturated heterocycles. The van der Waals surface area contributed by atoms with E-state index in [9.17, 15) is 5.11 Å². The highest BCUT2D eigenvalue weighted by molar-refractivity contribution is 9.10. The van der Waals surface area contributed by atoms with Gasteiger partial charge in [-0.15, -0.1) is 0 Å². The Kier molecular flexibility index (Phi) is 4.07. The molecule has 1 N–H and O–H groups in total. The third-order valence-electron chi connectivity index (χ3n) is 3.06. The van der Waals surface area contributed by atoms with Crippen LogP contribution in [0.3, 0.4) is 0 Å². The van der Waals surface area contributed by atoms with Gasteiger partial charge in [0.15, 0.2) is 0 Å². The van der Waals surface area contributed by atoms with E-state index >= 15 is 0 Å². The SMILES string of the molecule is COc1ccc(Br)cc1CC1(O)CCCOC1. The number of benzene rings is 1. The van der Waals surface area contributed by atoms with E-state index in [0.717, 1.165) is 35.2 Å². The van der Waals surface area contributed by atoms with Crippen LogP contribution in [0.25, 0.3) is 0 Å². The van der Waals surface area contributed by atoms with Crippen LogP contribution in [-0.2, 0) is 11.2 Å². The molecule has 0 amide bonds. The van der Waals surface area contributed by atoms with Crippen molar-refractivity contribution in [2.75, 3.05) is 20.3 Å². The van der Waals surface area contributed by atoms with E-state index in [-0.39, 0.29) is 0 Å². The molecule has 1 aliphatic rings. The second-order valence-corrected chi connectivity index (χ2v) is 5.43. The van der Waals surface area contributed by atoms with Crippen LogP contribution in [0, 0.1) is 0 Å². The van der Waals surface area contributed by atoms with Gasteiger partial charge < -0.3 is 14.6 Å². The van der Waals surface area contributed by atoms with Crippen molar-refractivity contribution in [3.8, 4) is 5.75 Å². The zero-order chi connectivity index (χ0) is 12.3. The quantitative estimate of drug-likeness (QED) is 0.932. The van der Waals surface area contributed by atoms with Crippen LogP contribution in [-0.4, -0.2) is 31.0 Å². The minimum absolute atomic E-state index is 0.405. The van der Waals surface area contributed by atoms with Crippen LogP contribution in [0.2, 0.25) is 0 Å². The summed E-state index contributed by atoms with van der Waals surface area (Å²) in [5.74, 6) is 0.812. The minimum atomic E-state index is -0.758. The van der Waals surface area contributed by atoms with Crippen LogP contribution in [0.5, 0.6) is 5.75 Å². The number of methoxy groups -OCH3 is 1. The lowest BCUT2D eigenvalue weighted by Crippen LogP contribution is -2.40. The summed E-state index contributed by atoms with van der Waals surface area (Å²) in [4.78, 5) is 0. The molecule has 0 spiro atoms. The van der Waals surface area contributed by atoms with Crippen LogP contribution in [0.1, 0.15) is 18.4 Å². The molecule has 1 atom stereocenters. The second kappa shape index (κ2) is 5.38. The Balaban J connectivity index is 2.19. The lowest BCUT2D eigenvalue weighted by atomic mass is 9.89. The van der Waals surface area contributed by atoms with Gasteiger partial charge in [-0.25, -0.2) is 0 Å². The molecule has 17 heavy (non-hydrogen) atoms. The van der Waals surface area contributed by atoms with Gasteiger partial charge in [0.1, 0.15) is 5.75 Å². The molecule has 1 aliphatic heterocycles. The maximum absolute atomic E-state index is 10.4. The predicted octanol–water partition coefficient (Wildman–Crippen LogP) is 2.54. The van der Waals surface area contributed by atoms with Crippen molar-refractivity contribution in [2.45, 2.75) is 24.9 Å². The summed E-state index contributed by atoms with van der Waals surface area (Å²) < 4.78 is 11.7. The third-order valence-corrected chi connectivity index (χ3v) is 3.56. The van der Waals surface area contributed by atoms with Gasteiger partial charge in [0.25, 0.3) is 0 Å². The lowest BCUT2D eigenvalue weighted by molar-refractivity contribution is -0.0846. The molecule has 94 valence electrons. The zero-order valence-electron chi connectivity index (χ0n) is 9.91. The number of aliphatic hydroxyl groups is 1. The van der Waals surface area contributed by atoms with Crippen molar-refractivity contribution in [3.05, 3.63) is 28.2 Å². The molecule has 1 fully saturated rings. The van der Waals surface area contributed by atoms with Crippen molar-refractivity contribution >= 4 is 15.9 Å². The predicted molar refractivity (Wildman–Crippen MR) is 69.4 cm³/mol. The molecule has 1 unspecified atom stereocenters. The highest BCUT2D eigenvalue weighted by Gasteiger charge is 2.31. The van der Waals surface area contributed by atoms with Gasteiger partial charge in [-0.05, 0) is 36.6 Å². The van der Waals surface area contributed by atoms with Crippen molar-refractivity contribution in [3.63, 3.8) is 0 Å². The van der Waals surface area contributed by atoms with Gasteiger partial charge >= 0.3 is 0 Å². The summed E-state index contributed by atoms with van der Waals surface area (Å²) in [6.07, 6.45) is 2.26. The summed E-state index contributed by atoms with van der Waals surface area (Å²) >= 11 is 3.44. The van der Waals surface area contributed by atoms with Gasteiger partial charge in [-0.3, -0.25) is 0 Å². The maximum Gasteiger partial charge on any atom is 0.122 e. The molecule has 0 radical (unpaired) electrons. The van der Waals surface area contributed by atoms with E-state index in [1.165, 1.54) is 0 Å². The number of halogens is 1. The van der Waals surface area contributed by atoms with Crippen molar-refractivity contribution in [1.82, 2.24) is 0 Å². The van der Waals surface area contributed by atoms with E-state index in [1.54, 1.807) is 7.11 Å². The standard InChI is InChI=1S/C13H17BrO3/c1-16-12-4-3-11(14)7-10(12)8-13(15)5-2-6-17-9-13/h3-4,7,15H,2,5-6,8-9H2,1H3. The molecule has 1 aromatic rings. The number of rotatable bonds is 3. The van der Waals surface area contributed by atoms with Gasteiger partial charge in [0.05, 0.1) is 19.3 Å². The van der Waals surface area contributed by atoms with Gasteiger partial charge in [0, 0.05) is 17.5 Å². The molecule has 0 aromatic heterocycles. The topological polar surface area (TPSA) is 38.7 Å². The Hall–Kier alpha value is -0.580. The lowest BCUT2D eigenvalue weighted by Gasteiger charge is -2.32. The average molecular weight is 301 g/mol. The fraction of sp³-hybridized carbons (Fsp3) is 0.538. The van der Waals surface area contributed by atoms with Gasteiger partial charge in [0.2, 0.25) is 0 Å². The smallest absolute Gasteiger partial charge is 0.122 e. The first kappa shape index (κ1) is 12.9. The summed E-state index contributed by atoms with van der Waals surface area (Å²) in [7, 11) is 1.65. The summed E-state index contributed by atoms with van der Waals surface area (Å²) in [5, 5.41) is 10.4. The molecule has 1 aromatic carbocycles. The summed E-state index contributed by atoms with van der Waals surface area (Å²) in [5.41, 5.74) is 0.252. The molecule has 1 heterocycles. The van der Waals surface area contributed by atoms with Crippen LogP contribution in [0.4, 0.5) is 0 Å². The van der Waals surface area contributed by atoms with Crippen LogP contribution in [0.15, 0.2) is 22.7 Å². The first-order chi connectivity index (χ1) is 8.13. The summed E-state index contributed by atoms with van der Waals surface area (Å²) in [6, 6.07) is 5.83. The number of hydrogen-bond donors (Lipinski definition) is 1. The molecule has 3 nitrogen and oxygen atoms in total. The minimum Gasteiger partial charge on any atom is -0.496 e. The van der Waals surface area contributed by atoms with Crippen LogP contribution >= 0.6 is 15.9 Å². The molecule has 0 aliphatic carbocycles. The number of hydrogen-bond acceptors (Lipinski definition) is 3. The molecular weight excluding hydrogens is 284 g/mol. The normalized spacial score (nSPS) is 24.6. The Morgan fingerprint density at radius 2 is 2.35 bits per heavy atom. The fourth-order valence-electron chi connectivity index (χ4n) is 2.22. The molecule has 0 bridgehead atoms. The second-order valence-electron chi connectivity index (χ2n) is 4.51. The molecule has 2 rings (SSSR count). The van der Waals surface area contributed by atoms with Crippen molar-refractivity contribution in [1.29, 1.82) is 0 Å². The average Bonchev–Trinajstić information content (AvgIpc) is 2.29. The molecule has 4 heteroatoms. The Morgan fingerprint density at radius 3 is 3.00 bits per heavy atom. The van der Waals surface area contributed by atoms with Crippen molar-refractivity contribution in [2.24, 2.45) is 0 Å². The highest BCUT2D eigenvalue weighted by Crippen LogP contribution is 2.30.